The number of hydrogen-bond donors (Lipinski definition) is 0. The van der Waals surface area contributed by atoms with E-state index in [1.54, 1.807) is 6.26 Å². The molecule has 0 aromatic heterocycles. The van der Waals surface area contributed by atoms with Crippen LogP contribution in [0.4, 0.5) is 4.79 Å². The number of nitrogens with zero attached hydrogens (tertiary/aromatic N) is 3. The largest absolute Gasteiger partial charge is 0.449 e. The van der Waals surface area contributed by atoms with Gasteiger partial charge in [-0.05, 0) is 24.8 Å². The van der Waals surface area contributed by atoms with Crippen LogP contribution in [0.3, 0.4) is 0 Å². The first-order valence-corrected chi connectivity index (χ1v) is 7.33. The highest BCUT2D eigenvalue weighted by molar-refractivity contribution is 7.84. The van der Waals surface area contributed by atoms with Gasteiger partial charge in [0.2, 0.25) is 0 Å². The molecule has 0 aromatic rings. The molecule has 17 heavy (non-hydrogen) atoms. The lowest BCUT2D eigenvalue weighted by Gasteiger charge is -2.14. The molecular weight excluding hydrogens is 266 g/mol. The van der Waals surface area contributed by atoms with Gasteiger partial charge in [-0.2, -0.15) is 0 Å². The summed E-state index contributed by atoms with van der Waals surface area (Å²) in [5.74, 6) is 0.300. The van der Waals surface area contributed by atoms with Crippen LogP contribution >= 0.6 is 11.6 Å². The molecule has 2 atom stereocenters. The number of azide groups is 1. The van der Waals surface area contributed by atoms with Crippen molar-refractivity contribution in [2.45, 2.75) is 31.8 Å². The van der Waals surface area contributed by atoms with E-state index in [1.807, 2.05) is 0 Å². The van der Waals surface area contributed by atoms with E-state index >= 15 is 0 Å². The van der Waals surface area contributed by atoms with Crippen LogP contribution in [0.2, 0.25) is 0 Å². The van der Waals surface area contributed by atoms with Gasteiger partial charge in [0.15, 0.2) is 0 Å². The molecule has 0 radical (unpaired) electrons. The molecule has 2 unspecified atom stereocenters. The fourth-order valence-electron chi connectivity index (χ4n) is 1.35. The van der Waals surface area contributed by atoms with E-state index in [-0.39, 0.29) is 0 Å². The maximum atomic E-state index is 11.0. The van der Waals surface area contributed by atoms with Crippen molar-refractivity contribution in [3.63, 3.8) is 0 Å². The van der Waals surface area contributed by atoms with E-state index in [1.165, 1.54) is 0 Å². The van der Waals surface area contributed by atoms with Crippen LogP contribution in [0.1, 0.15) is 25.7 Å². The number of carbonyl (C=O) groups excluding carboxylic acids is 1. The van der Waals surface area contributed by atoms with Gasteiger partial charge < -0.3 is 4.74 Å². The molecule has 0 amide bonds. The fraction of sp³-hybridized carbons (Fsp3) is 0.889. The number of unbranched alkanes of at least 4 members (excludes halogenated alkanes) is 2. The van der Waals surface area contributed by atoms with Crippen molar-refractivity contribution in [1.29, 1.82) is 0 Å². The SMILES string of the molecule is CS(=O)CC(CCCCCN=[N+]=[N-])OC(=O)Cl. The Hall–Kier alpha value is -0.780. The van der Waals surface area contributed by atoms with Crippen LogP contribution in [0.5, 0.6) is 0 Å². The molecular formula is C9H16ClN3O3S. The minimum absolute atomic E-state index is 0.300. The number of hydrogen-bond acceptors (Lipinski definition) is 4. The zero-order chi connectivity index (χ0) is 13.1. The van der Waals surface area contributed by atoms with E-state index in [0.717, 1.165) is 19.3 Å². The van der Waals surface area contributed by atoms with Gasteiger partial charge in [0.25, 0.3) is 0 Å². The minimum Gasteiger partial charge on any atom is -0.449 e. The number of carbonyl (C=O) groups is 1. The maximum absolute atomic E-state index is 11.0. The number of rotatable bonds is 9. The fourth-order valence-corrected chi connectivity index (χ4v) is 2.23. The molecule has 0 aliphatic carbocycles. The second-order valence-electron chi connectivity index (χ2n) is 3.52. The van der Waals surface area contributed by atoms with Gasteiger partial charge >= 0.3 is 5.43 Å². The molecule has 0 rings (SSSR count). The van der Waals surface area contributed by atoms with Crippen molar-refractivity contribution < 1.29 is 13.7 Å². The first kappa shape index (κ1) is 16.2. The summed E-state index contributed by atoms with van der Waals surface area (Å²) in [6.45, 7) is 0.468. The molecule has 0 spiro atoms. The predicted molar refractivity (Wildman–Crippen MR) is 67.5 cm³/mol. The summed E-state index contributed by atoms with van der Waals surface area (Å²) in [5.41, 5.74) is 7.20. The first-order valence-electron chi connectivity index (χ1n) is 5.23. The third kappa shape index (κ3) is 11.5. The van der Waals surface area contributed by atoms with E-state index in [9.17, 15) is 9.00 Å². The third-order valence-electron chi connectivity index (χ3n) is 2.03. The minimum atomic E-state index is -1.02. The Morgan fingerprint density at radius 2 is 2.24 bits per heavy atom. The lowest BCUT2D eigenvalue weighted by Crippen LogP contribution is -2.21. The molecule has 0 saturated heterocycles. The van der Waals surface area contributed by atoms with Crippen molar-refractivity contribution in [2.75, 3.05) is 18.6 Å². The molecule has 0 aliphatic rings. The highest BCUT2D eigenvalue weighted by Gasteiger charge is 2.14. The van der Waals surface area contributed by atoms with Gasteiger partial charge in [-0.1, -0.05) is 11.5 Å². The molecule has 8 heteroatoms. The van der Waals surface area contributed by atoms with Crippen LogP contribution in [0.25, 0.3) is 10.4 Å². The second kappa shape index (κ2) is 10.4. The van der Waals surface area contributed by atoms with Gasteiger partial charge in [0.05, 0.1) is 5.75 Å². The monoisotopic (exact) mass is 281 g/mol. The summed E-state index contributed by atoms with van der Waals surface area (Å²) in [6, 6.07) is 0. The second-order valence-corrected chi connectivity index (χ2v) is 5.31. The summed E-state index contributed by atoms with van der Waals surface area (Å²) in [6.07, 6.45) is 4.25. The maximum Gasteiger partial charge on any atom is 0.404 e. The topological polar surface area (TPSA) is 92.1 Å². The van der Waals surface area contributed by atoms with Crippen molar-refractivity contribution >= 4 is 27.8 Å². The quantitative estimate of drug-likeness (QED) is 0.214. The summed E-state index contributed by atoms with van der Waals surface area (Å²) in [7, 11) is -1.02. The van der Waals surface area contributed by atoms with Crippen molar-refractivity contribution in [2.24, 2.45) is 5.11 Å². The van der Waals surface area contributed by atoms with Gasteiger partial charge in [0, 0.05) is 40.1 Å². The summed E-state index contributed by atoms with van der Waals surface area (Å²) >= 11 is 5.12. The molecule has 0 bridgehead atoms. The Kier molecular flexibility index (Phi) is 9.90. The van der Waals surface area contributed by atoms with E-state index in [4.69, 9.17) is 21.9 Å². The van der Waals surface area contributed by atoms with Gasteiger partial charge in [-0.15, -0.1) is 0 Å². The molecule has 0 aromatic carbocycles. The van der Waals surface area contributed by atoms with Crippen molar-refractivity contribution in [3.05, 3.63) is 10.4 Å². The molecule has 0 heterocycles. The third-order valence-corrected chi connectivity index (χ3v) is 2.96. The van der Waals surface area contributed by atoms with Gasteiger partial charge in [-0.3, -0.25) is 4.21 Å². The highest BCUT2D eigenvalue weighted by Crippen LogP contribution is 2.10. The van der Waals surface area contributed by atoms with E-state index in [0.29, 0.717) is 18.7 Å². The Balaban J connectivity index is 3.78. The summed E-state index contributed by atoms with van der Waals surface area (Å²) in [4.78, 5) is 13.2. The smallest absolute Gasteiger partial charge is 0.404 e. The highest BCUT2D eigenvalue weighted by atomic mass is 35.5. The molecule has 0 aliphatic heterocycles. The van der Waals surface area contributed by atoms with Crippen LogP contribution < -0.4 is 0 Å². The van der Waals surface area contributed by atoms with Gasteiger partial charge in [0.1, 0.15) is 6.10 Å². The molecule has 0 fully saturated rings. The normalized spacial score (nSPS) is 13.5. The van der Waals surface area contributed by atoms with Gasteiger partial charge in [-0.25, -0.2) is 4.79 Å². The van der Waals surface area contributed by atoms with Crippen LogP contribution in [0, 0.1) is 0 Å². The Labute approximate surface area is 108 Å². The first-order chi connectivity index (χ1) is 8.06. The number of ether oxygens (including phenoxy) is 1. The zero-order valence-corrected chi connectivity index (χ0v) is 11.2. The van der Waals surface area contributed by atoms with E-state index in [2.05, 4.69) is 10.0 Å². The Morgan fingerprint density at radius 3 is 2.76 bits per heavy atom. The Morgan fingerprint density at radius 1 is 1.53 bits per heavy atom. The summed E-state index contributed by atoms with van der Waals surface area (Å²) < 4.78 is 15.9. The molecule has 0 N–H and O–H groups in total. The number of halogens is 1. The summed E-state index contributed by atoms with van der Waals surface area (Å²) in [5, 5.41) is 3.41. The molecule has 0 saturated carbocycles. The average molecular weight is 282 g/mol. The lowest BCUT2D eigenvalue weighted by molar-refractivity contribution is 0.126. The van der Waals surface area contributed by atoms with Crippen molar-refractivity contribution in [3.8, 4) is 0 Å². The van der Waals surface area contributed by atoms with Crippen LogP contribution in [-0.4, -0.2) is 34.3 Å². The predicted octanol–water partition coefficient (Wildman–Crippen LogP) is 2.98. The van der Waals surface area contributed by atoms with E-state index < -0.39 is 22.3 Å². The standard InChI is InChI=1S/C9H16ClN3O3S/c1-17(15)7-8(16-9(10)14)5-3-2-4-6-12-13-11/h8H,2-7H2,1H3. The zero-order valence-electron chi connectivity index (χ0n) is 9.67. The average Bonchev–Trinajstić information content (AvgIpc) is 2.21. The Bertz CT molecular complexity index is 292. The molecule has 98 valence electrons. The molecule has 6 nitrogen and oxygen atoms in total. The van der Waals surface area contributed by atoms with Crippen LogP contribution in [0.15, 0.2) is 5.11 Å². The lowest BCUT2D eigenvalue weighted by atomic mass is 10.1. The van der Waals surface area contributed by atoms with Crippen molar-refractivity contribution in [1.82, 2.24) is 0 Å². The van der Waals surface area contributed by atoms with Crippen LogP contribution in [-0.2, 0) is 15.5 Å².